The van der Waals surface area contributed by atoms with Crippen LogP contribution >= 0.6 is 11.8 Å². The van der Waals surface area contributed by atoms with Crippen molar-refractivity contribution in [3.05, 3.63) is 71.7 Å². The maximum atomic E-state index is 13.2. The molecule has 1 saturated heterocycles. The summed E-state index contributed by atoms with van der Waals surface area (Å²) < 4.78 is 2.02. The summed E-state index contributed by atoms with van der Waals surface area (Å²) >= 11 is 1.74. The van der Waals surface area contributed by atoms with Crippen molar-refractivity contribution in [1.82, 2.24) is 25.0 Å². The van der Waals surface area contributed by atoms with E-state index < -0.39 is 17.5 Å². The number of nitrogens with zero attached hydrogens (tertiary/aromatic N) is 6. The summed E-state index contributed by atoms with van der Waals surface area (Å²) in [6.07, 6.45) is 7.65. The van der Waals surface area contributed by atoms with E-state index in [9.17, 15) is 14.7 Å². The number of amides is 2. The summed E-state index contributed by atoms with van der Waals surface area (Å²) in [4.78, 5) is 38.5. The molecule has 2 aliphatic heterocycles. The van der Waals surface area contributed by atoms with Crippen LogP contribution in [0.5, 0.6) is 0 Å². The number of aromatic nitrogens is 3. The third-order valence-corrected chi connectivity index (χ3v) is 9.80. The molecule has 2 aromatic heterocycles. The van der Waals surface area contributed by atoms with Crippen molar-refractivity contribution in [3.63, 3.8) is 0 Å². The van der Waals surface area contributed by atoms with Gasteiger partial charge in [0.1, 0.15) is 11.4 Å². The Morgan fingerprint density at radius 1 is 1.15 bits per heavy atom. The molecule has 3 fully saturated rings. The average molecular weight is 840 g/mol. The van der Waals surface area contributed by atoms with Crippen LogP contribution in [-0.4, -0.2) is 86.5 Å². The molecule has 1 atom stereocenters. The molecule has 13 nitrogen and oxygen atoms in total. The molecule has 2 amide bonds. The SMILES string of the molecule is CNC(=O)C(=N)C(/C=C(\N)O)=Nc1cccc2c1N(C)C(C)c1c-2cnn1C1CN(C(=O)c2cccc(SC3CC3)n2)C1.[NH-]C1CC1.[W]. The van der Waals surface area contributed by atoms with Crippen LogP contribution < -0.4 is 16.0 Å². The van der Waals surface area contributed by atoms with Crippen LogP contribution in [0, 0.1) is 5.41 Å². The summed E-state index contributed by atoms with van der Waals surface area (Å²) in [5, 5.41) is 26.6. The average Bonchev–Trinajstić information content (AvgIpc) is 3.97. The molecule has 0 bridgehead atoms. The van der Waals surface area contributed by atoms with E-state index in [4.69, 9.17) is 22.0 Å². The summed E-state index contributed by atoms with van der Waals surface area (Å²) in [5.74, 6) is -1.28. The number of likely N-dealkylation sites (tertiary alicyclic amines) is 1. The zero-order valence-corrected chi connectivity index (χ0v) is 30.8. The molecule has 4 aliphatic rings. The summed E-state index contributed by atoms with van der Waals surface area (Å²) in [6.45, 7) is 3.17. The molecule has 2 aliphatic carbocycles. The summed E-state index contributed by atoms with van der Waals surface area (Å²) in [5.41, 5.74) is 16.3. The fourth-order valence-corrected chi connectivity index (χ4v) is 6.54. The first-order chi connectivity index (χ1) is 22.5. The van der Waals surface area contributed by atoms with Gasteiger partial charge in [-0.15, -0.1) is 17.8 Å². The second-order valence-corrected chi connectivity index (χ2v) is 13.5. The zero-order chi connectivity index (χ0) is 33.4. The van der Waals surface area contributed by atoms with Gasteiger partial charge in [-0.1, -0.05) is 31.0 Å². The number of aliphatic hydroxyl groups is 1. The van der Waals surface area contributed by atoms with Crippen LogP contribution in [0.2, 0.25) is 0 Å². The van der Waals surface area contributed by atoms with E-state index in [0.29, 0.717) is 35.8 Å². The fraction of sp³-hybridized carbons (Fsp3) is 0.394. The Kier molecular flexibility index (Phi) is 10.8. The van der Waals surface area contributed by atoms with Crippen LogP contribution in [0.3, 0.4) is 0 Å². The number of allylic oxidation sites excluding steroid dienone is 1. The number of carbonyl (C=O) groups excluding carboxylic acids is 2. The van der Waals surface area contributed by atoms with Crippen molar-refractivity contribution in [2.75, 3.05) is 32.1 Å². The van der Waals surface area contributed by atoms with Gasteiger partial charge in [0, 0.05) is 70.7 Å². The minimum absolute atomic E-state index is 0. The molecule has 252 valence electrons. The number of rotatable bonds is 8. The van der Waals surface area contributed by atoms with E-state index in [0.717, 1.165) is 46.5 Å². The van der Waals surface area contributed by atoms with E-state index in [1.807, 2.05) is 47.1 Å². The predicted molar refractivity (Wildman–Crippen MR) is 184 cm³/mol. The molecule has 15 heteroatoms. The number of para-hydroxylation sites is 1. The third kappa shape index (κ3) is 7.50. The Morgan fingerprint density at radius 3 is 2.46 bits per heavy atom. The second-order valence-electron chi connectivity index (χ2n) is 12.2. The number of carbonyl (C=O) groups is 2. The van der Waals surface area contributed by atoms with E-state index in [-0.39, 0.29) is 44.8 Å². The van der Waals surface area contributed by atoms with Gasteiger partial charge in [0.05, 0.1) is 46.1 Å². The number of hydrogen-bond donors (Lipinski definition) is 4. The quantitative estimate of drug-likeness (QED) is 0.184. The van der Waals surface area contributed by atoms with Gasteiger partial charge in [0.25, 0.3) is 11.8 Å². The number of nitrogens with two attached hydrogens (primary N) is 1. The molecule has 3 aromatic rings. The number of aliphatic hydroxyl groups excluding tert-OH is 1. The zero-order valence-electron chi connectivity index (χ0n) is 27.0. The molecule has 48 heavy (non-hydrogen) atoms. The smallest absolute Gasteiger partial charge is 0.272 e. The van der Waals surface area contributed by atoms with Gasteiger partial charge in [-0.3, -0.25) is 19.7 Å². The Bertz CT molecular complexity index is 1770. The first kappa shape index (κ1) is 35.3. The van der Waals surface area contributed by atoms with Crippen molar-refractivity contribution in [2.24, 2.45) is 10.7 Å². The number of thioether (sulfide) groups is 1. The largest absolute Gasteiger partial charge is 0.675 e. The first-order valence-corrected chi connectivity index (χ1v) is 16.6. The van der Waals surface area contributed by atoms with Gasteiger partial charge in [-0.2, -0.15) is 5.10 Å². The monoisotopic (exact) mass is 839 g/mol. The molecule has 1 unspecified atom stereocenters. The molecule has 0 radical (unpaired) electrons. The number of fused-ring (bicyclic) bond motifs is 3. The van der Waals surface area contributed by atoms with Crippen molar-refractivity contribution >= 4 is 46.4 Å². The normalized spacial score (nSPS) is 18.8. The van der Waals surface area contributed by atoms with Gasteiger partial charge in [-0.25, -0.2) is 9.98 Å². The number of benzene rings is 1. The van der Waals surface area contributed by atoms with E-state index >= 15 is 0 Å². The molecule has 6 N–H and O–H groups in total. The Morgan fingerprint density at radius 2 is 1.83 bits per heavy atom. The number of aliphatic imine (C=N–C) groups is 1. The van der Waals surface area contributed by atoms with Crippen molar-refractivity contribution < 1.29 is 35.8 Å². The van der Waals surface area contributed by atoms with Crippen LogP contribution in [0.15, 0.2) is 64.6 Å². The van der Waals surface area contributed by atoms with E-state index in [1.54, 1.807) is 23.9 Å². The minimum Gasteiger partial charge on any atom is -0.675 e. The third-order valence-electron chi connectivity index (χ3n) is 8.53. The summed E-state index contributed by atoms with van der Waals surface area (Å²) in [7, 11) is 3.37. The van der Waals surface area contributed by atoms with Gasteiger partial charge in [-0.05, 0) is 38.0 Å². The Balaban J connectivity index is 0.000000840. The van der Waals surface area contributed by atoms with Gasteiger partial charge >= 0.3 is 0 Å². The van der Waals surface area contributed by atoms with Crippen molar-refractivity contribution in [2.45, 2.75) is 61.0 Å². The molecule has 0 spiro atoms. The first-order valence-electron chi connectivity index (χ1n) is 15.7. The Hall–Kier alpha value is -4.00. The molecule has 4 heterocycles. The van der Waals surface area contributed by atoms with Crippen LogP contribution in [0.1, 0.15) is 60.9 Å². The predicted octanol–water partition coefficient (Wildman–Crippen LogP) is 4.80. The van der Waals surface area contributed by atoms with Crippen LogP contribution in [-0.2, 0) is 25.9 Å². The van der Waals surface area contributed by atoms with Crippen LogP contribution in [0.25, 0.3) is 16.9 Å². The Labute approximate surface area is 298 Å². The van der Waals surface area contributed by atoms with Crippen molar-refractivity contribution in [1.29, 1.82) is 5.41 Å². The van der Waals surface area contributed by atoms with E-state index in [1.165, 1.54) is 19.9 Å². The number of pyridine rings is 1. The standard InChI is InChI=1S/C30H33N9O3S.C3H6N.W/c1-16-27-20(19-6-4-7-21(28(19)37(16)3)35-23(12-24(31)40)26(32)29(41)33-2)13-34-39(27)17-14-38(15-17)30(42)22-8-5-9-25(36-22)43-18-10-11-18;4-3-1-2-3;/h4-9,12-13,16-18,32,40H,10-11,14-15,31H2,1-3H3,(H,33,41);3-4H,1-2H2;/q;-1;/b24-12+,32-26?,35-23?;;. The van der Waals surface area contributed by atoms with Gasteiger partial charge in [0.15, 0.2) is 5.88 Å². The topological polar surface area (TPSA) is 190 Å². The maximum absolute atomic E-state index is 13.2. The molecular formula is C33H39N10O3SW-. The van der Waals surface area contributed by atoms with Gasteiger partial charge in [0.2, 0.25) is 0 Å². The molecule has 7 rings (SSSR count). The number of anilines is 1. The number of hydrogen-bond acceptors (Lipinski definition) is 10. The molecule has 2 saturated carbocycles. The number of nitrogens with one attached hydrogen (secondary N) is 3. The second kappa shape index (κ2) is 14.6. The minimum atomic E-state index is -0.653. The molecular weight excluding hydrogens is 800 g/mol. The summed E-state index contributed by atoms with van der Waals surface area (Å²) in [6, 6.07) is 11.5. The fourth-order valence-electron chi connectivity index (χ4n) is 5.52. The van der Waals surface area contributed by atoms with E-state index in [2.05, 4.69) is 27.1 Å². The van der Waals surface area contributed by atoms with Gasteiger partial charge < -0.3 is 31.7 Å². The van der Waals surface area contributed by atoms with Crippen LogP contribution in [0.4, 0.5) is 11.4 Å². The molecule has 1 aromatic carbocycles. The maximum Gasteiger partial charge on any atom is 0.272 e. The van der Waals surface area contributed by atoms with Crippen molar-refractivity contribution in [3.8, 4) is 11.1 Å².